The van der Waals surface area contributed by atoms with Crippen LogP contribution < -0.4 is 10.6 Å². The van der Waals surface area contributed by atoms with Crippen molar-refractivity contribution in [2.45, 2.75) is 13.5 Å². The minimum absolute atomic E-state index is 0.416. The summed E-state index contributed by atoms with van der Waals surface area (Å²) < 4.78 is 6.61. The number of aromatic nitrogens is 2. The molecule has 0 aliphatic heterocycles. The van der Waals surface area contributed by atoms with Gasteiger partial charge in [-0.3, -0.25) is 0 Å². The molecule has 1 heterocycles. The molecule has 0 unspecified atom stereocenters. The highest BCUT2D eigenvalue weighted by Crippen LogP contribution is 2.16. The van der Waals surface area contributed by atoms with Crippen LogP contribution in [0.15, 0.2) is 28.7 Å². The van der Waals surface area contributed by atoms with E-state index in [-0.39, 0.29) is 0 Å². The molecule has 0 amide bonds. The molecule has 2 rings (SSSR count). The maximum atomic E-state index is 5.42. The van der Waals surface area contributed by atoms with Gasteiger partial charge in [0.1, 0.15) is 0 Å². The zero-order chi connectivity index (χ0) is 12.1. The summed E-state index contributed by atoms with van der Waals surface area (Å²) in [7, 11) is 0. The van der Waals surface area contributed by atoms with Crippen LogP contribution >= 0.6 is 22.6 Å². The zero-order valence-electron chi connectivity index (χ0n) is 9.40. The first-order valence-electron chi connectivity index (χ1n) is 5.33. The van der Waals surface area contributed by atoms with Gasteiger partial charge in [0, 0.05) is 9.26 Å². The highest BCUT2D eigenvalue weighted by Gasteiger charge is 2.05. The number of hydrogen-bond donors (Lipinski definition) is 2. The van der Waals surface area contributed by atoms with Crippen LogP contribution in [0, 0.1) is 3.57 Å². The third kappa shape index (κ3) is 3.67. The second-order valence-corrected chi connectivity index (χ2v) is 4.66. The molecule has 1 aromatic heterocycles. The third-order valence-electron chi connectivity index (χ3n) is 2.09. The zero-order valence-corrected chi connectivity index (χ0v) is 11.6. The highest BCUT2D eigenvalue weighted by atomic mass is 127. The van der Waals surface area contributed by atoms with Crippen LogP contribution in [-0.2, 0) is 6.54 Å². The molecule has 5 nitrogen and oxygen atoms in total. The van der Waals surface area contributed by atoms with Crippen molar-refractivity contribution < 1.29 is 4.42 Å². The Morgan fingerprint density at radius 2 is 2.00 bits per heavy atom. The smallest absolute Gasteiger partial charge is 0.320 e. The lowest BCUT2D eigenvalue weighted by atomic mass is 10.3. The third-order valence-corrected chi connectivity index (χ3v) is 2.81. The van der Waals surface area contributed by atoms with E-state index in [1.165, 1.54) is 3.57 Å². The van der Waals surface area contributed by atoms with Gasteiger partial charge in [0.2, 0.25) is 5.89 Å². The Morgan fingerprint density at radius 3 is 2.71 bits per heavy atom. The molecule has 0 fully saturated rings. The molecular weight excluding hydrogens is 331 g/mol. The highest BCUT2D eigenvalue weighted by molar-refractivity contribution is 14.1. The fourth-order valence-corrected chi connectivity index (χ4v) is 1.62. The van der Waals surface area contributed by atoms with Crippen LogP contribution in [0.2, 0.25) is 0 Å². The summed E-state index contributed by atoms with van der Waals surface area (Å²) in [6.07, 6.45) is 0. The maximum Gasteiger partial charge on any atom is 0.320 e. The maximum absolute atomic E-state index is 5.42. The first-order valence-corrected chi connectivity index (χ1v) is 6.41. The lowest BCUT2D eigenvalue weighted by Crippen LogP contribution is -2.11. The molecule has 2 aromatic rings. The molecule has 17 heavy (non-hydrogen) atoms. The molecule has 0 atom stereocenters. The number of hydrogen-bond acceptors (Lipinski definition) is 5. The van der Waals surface area contributed by atoms with Gasteiger partial charge in [-0.1, -0.05) is 12.0 Å². The Balaban J connectivity index is 1.98. The molecule has 0 radical (unpaired) electrons. The van der Waals surface area contributed by atoms with Crippen LogP contribution in [-0.4, -0.2) is 16.7 Å². The Labute approximate surface area is 113 Å². The van der Waals surface area contributed by atoms with E-state index in [9.17, 15) is 0 Å². The van der Waals surface area contributed by atoms with Gasteiger partial charge in [0.15, 0.2) is 0 Å². The summed E-state index contributed by atoms with van der Waals surface area (Å²) in [6, 6.07) is 8.38. The first-order chi connectivity index (χ1) is 8.28. The van der Waals surface area contributed by atoms with Crippen molar-refractivity contribution in [3.8, 4) is 0 Å². The molecular formula is C11H13IN4O. The molecule has 0 aliphatic rings. The Kier molecular flexibility index (Phi) is 4.32. The molecule has 0 bridgehead atoms. The minimum atomic E-state index is 0.416. The predicted octanol–water partition coefficient (Wildman–Crippen LogP) is 2.53. The standard InChI is InChI=1S/C11H13IN4O/c1-2-13-7-10-15-16-11(17-10)14-9-5-3-8(12)4-6-9/h3-6,13H,2,7H2,1H3,(H,14,16). The number of nitrogens with zero attached hydrogens (tertiary/aromatic N) is 2. The molecule has 0 spiro atoms. The van der Waals surface area contributed by atoms with Crippen molar-refractivity contribution in [2.75, 3.05) is 11.9 Å². The van der Waals surface area contributed by atoms with E-state index in [0.29, 0.717) is 18.5 Å². The van der Waals surface area contributed by atoms with E-state index < -0.39 is 0 Å². The summed E-state index contributed by atoms with van der Waals surface area (Å²) in [5, 5.41) is 14.0. The van der Waals surface area contributed by atoms with Crippen molar-refractivity contribution in [2.24, 2.45) is 0 Å². The predicted molar refractivity (Wildman–Crippen MR) is 74.1 cm³/mol. The van der Waals surface area contributed by atoms with E-state index in [2.05, 4.69) is 43.4 Å². The number of anilines is 2. The van der Waals surface area contributed by atoms with Gasteiger partial charge in [-0.05, 0) is 53.4 Å². The van der Waals surface area contributed by atoms with Crippen LogP contribution in [0.5, 0.6) is 0 Å². The van der Waals surface area contributed by atoms with Crippen molar-refractivity contribution >= 4 is 34.3 Å². The van der Waals surface area contributed by atoms with Crippen LogP contribution in [0.1, 0.15) is 12.8 Å². The second kappa shape index (κ2) is 5.97. The molecule has 6 heteroatoms. The lowest BCUT2D eigenvalue weighted by molar-refractivity contribution is 0.484. The summed E-state index contributed by atoms with van der Waals surface area (Å²) in [4.78, 5) is 0. The van der Waals surface area contributed by atoms with Crippen LogP contribution in [0.3, 0.4) is 0 Å². The largest absolute Gasteiger partial charge is 0.406 e. The van der Waals surface area contributed by atoms with Gasteiger partial charge in [0.25, 0.3) is 0 Å². The second-order valence-electron chi connectivity index (χ2n) is 3.41. The fraction of sp³-hybridized carbons (Fsp3) is 0.273. The molecule has 90 valence electrons. The molecule has 0 aliphatic carbocycles. The molecule has 0 saturated carbocycles. The SMILES string of the molecule is CCNCc1nnc(Nc2ccc(I)cc2)o1. The van der Waals surface area contributed by atoms with Gasteiger partial charge in [-0.15, -0.1) is 5.10 Å². The van der Waals surface area contributed by atoms with Gasteiger partial charge in [-0.25, -0.2) is 0 Å². The first kappa shape index (κ1) is 12.3. The summed E-state index contributed by atoms with van der Waals surface area (Å²) in [5.41, 5.74) is 0.934. The van der Waals surface area contributed by atoms with Crippen LogP contribution in [0.25, 0.3) is 0 Å². The quantitative estimate of drug-likeness (QED) is 0.817. The van der Waals surface area contributed by atoms with E-state index in [1.807, 2.05) is 31.2 Å². The van der Waals surface area contributed by atoms with E-state index in [1.54, 1.807) is 0 Å². The van der Waals surface area contributed by atoms with E-state index >= 15 is 0 Å². The number of rotatable bonds is 5. The van der Waals surface area contributed by atoms with Crippen molar-refractivity contribution in [3.63, 3.8) is 0 Å². The summed E-state index contributed by atoms with van der Waals surface area (Å²) >= 11 is 2.26. The molecule has 2 N–H and O–H groups in total. The van der Waals surface area contributed by atoms with Crippen molar-refractivity contribution in [1.82, 2.24) is 15.5 Å². The monoisotopic (exact) mass is 344 g/mol. The van der Waals surface area contributed by atoms with Gasteiger partial charge in [0.05, 0.1) is 6.54 Å². The number of nitrogens with one attached hydrogen (secondary N) is 2. The number of halogens is 1. The average molecular weight is 344 g/mol. The molecule has 0 saturated heterocycles. The topological polar surface area (TPSA) is 63.0 Å². The van der Waals surface area contributed by atoms with Crippen molar-refractivity contribution in [3.05, 3.63) is 33.7 Å². The Hall–Kier alpha value is -1.15. The van der Waals surface area contributed by atoms with E-state index in [4.69, 9.17) is 4.42 Å². The number of benzene rings is 1. The van der Waals surface area contributed by atoms with Crippen LogP contribution in [0.4, 0.5) is 11.7 Å². The summed E-state index contributed by atoms with van der Waals surface area (Å²) in [6.45, 7) is 3.50. The van der Waals surface area contributed by atoms with Gasteiger partial charge < -0.3 is 15.1 Å². The van der Waals surface area contributed by atoms with Gasteiger partial charge >= 0.3 is 6.01 Å². The lowest BCUT2D eigenvalue weighted by Gasteiger charge is -2.00. The van der Waals surface area contributed by atoms with Gasteiger partial charge in [-0.2, -0.15) is 0 Å². The van der Waals surface area contributed by atoms with E-state index in [0.717, 1.165) is 12.2 Å². The normalized spacial score (nSPS) is 10.5. The Morgan fingerprint density at radius 1 is 1.24 bits per heavy atom. The summed E-state index contributed by atoms with van der Waals surface area (Å²) in [5.74, 6) is 0.583. The average Bonchev–Trinajstić information content (AvgIpc) is 2.77. The van der Waals surface area contributed by atoms with Crippen molar-refractivity contribution in [1.29, 1.82) is 0 Å². The molecule has 1 aromatic carbocycles. The fourth-order valence-electron chi connectivity index (χ4n) is 1.26. The minimum Gasteiger partial charge on any atom is -0.406 e. The Bertz CT molecular complexity index is 469.